The monoisotopic (exact) mass is 244 g/mol. The highest BCUT2D eigenvalue weighted by atomic mass is 16.5. The second-order valence-electron chi connectivity index (χ2n) is 5.86. The van der Waals surface area contributed by atoms with Crippen molar-refractivity contribution in [1.82, 2.24) is 10.2 Å². The molecule has 3 nitrogen and oxygen atoms in total. The lowest BCUT2D eigenvalue weighted by atomic mass is 10.1. The van der Waals surface area contributed by atoms with E-state index in [1.165, 1.54) is 13.1 Å². The van der Waals surface area contributed by atoms with Gasteiger partial charge in [-0.25, -0.2) is 0 Å². The quantitative estimate of drug-likeness (QED) is 0.638. The fraction of sp³-hybridized carbons (Fsp3) is 1.00. The summed E-state index contributed by atoms with van der Waals surface area (Å²) in [7, 11) is 1.75. The van der Waals surface area contributed by atoms with Crippen LogP contribution in [0.4, 0.5) is 0 Å². The number of nitrogens with one attached hydrogen (secondary N) is 1. The van der Waals surface area contributed by atoms with E-state index < -0.39 is 0 Å². The molecule has 0 spiro atoms. The summed E-state index contributed by atoms with van der Waals surface area (Å²) in [6.45, 7) is 16.7. The van der Waals surface area contributed by atoms with E-state index in [-0.39, 0.29) is 0 Å². The topological polar surface area (TPSA) is 24.5 Å². The van der Waals surface area contributed by atoms with Crippen LogP contribution in [-0.2, 0) is 4.74 Å². The summed E-state index contributed by atoms with van der Waals surface area (Å²) in [4.78, 5) is 2.56. The van der Waals surface area contributed by atoms with E-state index in [9.17, 15) is 0 Å². The van der Waals surface area contributed by atoms with Crippen LogP contribution in [0.5, 0.6) is 0 Å². The van der Waals surface area contributed by atoms with Crippen LogP contribution in [-0.4, -0.2) is 50.8 Å². The molecule has 0 aliphatic heterocycles. The van der Waals surface area contributed by atoms with Crippen molar-refractivity contribution in [2.75, 3.05) is 39.9 Å². The zero-order chi connectivity index (χ0) is 13.3. The maximum atomic E-state index is 5.11. The summed E-state index contributed by atoms with van der Waals surface area (Å²) >= 11 is 0. The van der Waals surface area contributed by atoms with Crippen LogP contribution in [0.1, 0.15) is 34.6 Å². The van der Waals surface area contributed by atoms with Gasteiger partial charge in [0.05, 0.1) is 6.61 Å². The highest BCUT2D eigenvalue weighted by Gasteiger charge is 2.09. The second-order valence-corrected chi connectivity index (χ2v) is 5.86. The Balaban J connectivity index is 3.82. The molecule has 0 aromatic rings. The molecule has 1 N–H and O–H groups in total. The first-order chi connectivity index (χ1) is 7.95. The molecule has 0 aromatic carbocycles. The predicted molar refractivity (Wildman–Crippen MR) is 75.5 cm³/mol. The minimum atomic E-state index is 0.444. The highest BCUT2D eigenvalue weighted by molar-refractivity contribution is 4.66. The predicted octanol–water partition coefficient (Wildman–Crippen LogP) is 2.22. The number of hydrogen-bond acceptors (Lipinski definition) is 3. The van der Waals surface area contributed by atoms with Crippen LogP contribution in [0.3, 0.4) is 0 Å². The van der Waals surface area contributed by atoms with Crippen LogP contribution in [0, 0.1) is 11.8 Å². The molecule has 0 bridgehead atoms. The van der Waals surface area contributed by atoms with Gasteiger partial charge >= 0.3 is 0 Å². The molecule has 0 aliphatic rings. The molecule has 0 saturated heterocycles. The van der Waals surface area contributed by atoms with Gasteiger partial charge in [0.2, 0.25) is 0 Å². The molecule has 0 fully saturated rings. The maximum Gasteiger partial charge on any atom is 0.0613 e. The Bertz CT molecular complexity index is 162. The fourth-order valence-corrected chi connectivity index (χ4v) is 2.07. The first-order valence-electron chi connectivity index (χ1n) is 6.90. The Morgan fingerprint density at radius 3 is 1.94 bits per heavy atom. The number of ether oxygens (including phenoxy) is 1. The largest absolute Gasteiger partial charge is 0.383 e. The molecule has 0 aromatic heterocycles. The molecule has 0 amide bonds. The zero-order valence-corrected chi connectivity index (χ0v) is 12.6. The van der Waals surface area contributed by atoms with Crippen molar-refractivity contribution < 1.29 is 4.74 Å². The molecule has 0 aliphatic carbocycles. The van der Waals surface area contributed by atoms with Crippen molar-refractivity contribution in [3.63, 3.8) is 0 Å². The van der Waals surface area contributed by atoms with Crippen LogP contribution in [0.15, 0.2) is 0 Å². The fourth-order valence-electron chi connectivity index (χ4n) is 2.07. The van der Waals surface area contributed by atoms with Gasteiger partial charge in [-0.05, 0) is 18.8 Å². The summed E-state index contributed by atoms with van der Waals surface area (Å²) < 4.78 is 5.11. The van der Waals surface area contributed by atoms with Crippen LogP contribution < -0.4 is 5.32 Å². The summed E-state index contributed by atoms with van der Waals surface area (Å²) in [5, 5.41) is 3.49. The number of nitrogens with zero attached hydrogens (tertiary/aromatic N) is 1. The van der Waals surface area contributed by atoms with Crippen molar-refractivity contribution in [3.05, 3.63) is 0 Å². The summed E-state index contributed by atoms with van der Waals surface area (Å²) in [5.41, 5.74) is 0. The van der Waals surface area contributed by atoms with E-state index in [1.54, 1.807) is 7.11 Å². The third-order valence-electron chi connectivity index (χ3n) is 2.58. The standard InChI is InChI=1S/C14H32N2O/c1-12(2)9-16(10-13(3)4)8-7-15-14(5)11-17-6/h12-15H,7-11H2,1-6H3. The third kappa shape index (κ3) is 10.7. The normalized spacial score (nSPS) is 13.9. The van der Waals surface area contributed by atoms with Crippen molar-refractivity contribution in [2.45, 2.75) is 40.7 Å². The highest BCUT2D eigenvalue weighted by Crippen LogP contribution is 2.03. The lowest BCUT2D eigenvalue weighted by Crippen LogP contribution is -2.40. The van der Waals surface area contributed by atoms with Gasteiger partial charge in [0, 0.05) is 39.3 Å². The average Bonchev–Trinajstić information content (AvgIpc) is 2.15. The van der Waals surface area contributed by atoms with E-state index in [1.807, 2.05) is 0 Å². The third-order valence-corrected chi connectivity index (χ3v) is 2.58. The summed E-state index contributed by atoms with van der Waals surface area (Å²) in [6, 6.07) is 0.444. The van der Waals surface area contributed by atoms with E-state index in [4.69, 9.17) is 4.74 Å². The first kappa shape index (κ1) is 16.9. The van der Waals surface area contributed by atoms with Gasteiger partial charge in [-0.1, -0.05) is 27.7 Å². The van der Waals surface area contributed by atoms with Gasteiger partial charge in [0.15, 0.2) is 0 Å². The van der Waals surface area contributed by atoms with Crippen LogP contribution >= 0.6 is 0 Å². The lowest BCUT2D eigenvalue weighted by molar-refractivity contribution is 0.166. The Morgan fingerprint density at radius 2 is 1.53 bits per heavy atom. The van der Waals surface area contributed by atoms with Gasteiger partial charge < -0.3 is 15.0 Å². The molecule has 17 heavy (non-hydrogen) atoms. The van der Waals surface area contributed by atoms with Crippen molar-refractivity contribution in [2.24, 2.45) is 11.8 Å². The molecular formula is C14H32N2O. The van der Waals surface area contributed by atoms with Gasteiger partial charge in [0.1, 0.15) is 0 Å². The van der Waals surface area contributed by atoms with Crippen molar-refractivity contribution >= 4 is 0 Å². The first-order valence-corrected chi connectivity index (χ1v) is 6.90. The molecule has 0 heterocycles. The number of rotatable bonds is 10. The molecule has 0 saturated carbocycles. The second kappa shape index (κ2) is 9.86. The van der Waals surface area contributed by atoms with Crippen LogP contribution in [0.25, 0.3) is 0 Å². The Kier molecular flexibility index (Phi) is 9.79. The Labute approximate surface area is 108 Å². The molecule has 104 valence electrons. The SMILES string of the molecule is COCC(C)NCCN(CC(C)C)CC(C)C. The molecular weight excluding hydrogens is 212 g/mol. The van der Waals surface area contributed by atoms with Gasteiger partial charge in [-0.15, -0.1) is 0 Å². The van der Waals surface area contributed by atoms with Gasteiger partial charge in [-0.2, -0.15) is 0 Å². The van der Waals surface area contributed by atoms with E-state index in [2.05, 4.69) is 44.8 Å². The van der Waals surface area contributed by atoms with Crippen molar-refractivity contribution in [3.8, 4) is 0 Å². The molecule has 1 unspecified atom stereocenters. The van der Waals surface area contributed by atoms with E-state index in [0.29, 0.717) is 6.04 Å². The van der Waals surface area contributed by atoms with Gasteiger partial charge in [-0.3, -0.25) is 0 Å². The minimum Gasteiger partial charge on any atom is -0.383 e. The molecule has 0 radical (unpaired) electrons. The summed E-state index contributed by atoms with van der Waals surface area (Å²) in [6.07, 6.45) is 0. The zero-order valence-electron chi connectivity index (χ0n) is 12.6. The van der Waals surface area contributed by atoms with Crippen molar-refractivity contribution in [1.29, 1.82) is 0 Å². The Hall–Kier alpha value is -0.120. The average molecular weight is 244 g/mol. The van der Waals surface area contributed by atoms with Gasteiger partial charge in [0.25, 0.3) is 0 Å². The Morgan fingerprint density at radius 1 is 1.00 bits per heavy atom. The summed E-state index contributed by atoms with van der Waals surface area (Å²) in [5.74, 6) is 1.48. The van der Waals surface area contributed by atoms with E-state index in [0.717, 1.165) is 31.5 Å². The number of methoxy groups -OCH3 is 1. The molecule has 0 rings (SSSR count). The van der Waals surface area contributed by atoms with Crippen LogP contribution in [0.2, 0.25) is 0 Å². The maximum absolute atomic E-state index is 5.11. The smallest absolute Gasteiger partial charge is 0.0613 e. The molecule has 3 heteroatoms. The lowest BCUT2D eigenvalue weighted by Gasteiger charge is -2.26. The number of hydrogen-bond donors (Lipinski definition) is 1. The molecule has 1 atom stereocenters. The minimum absolute atomic E-state index is 0.444. The van der Waals surface area contributed by atoms with E-state index >= 15 is 0 Å².